The number of alkyl halides is 1. The first-order chi connectivity index (χ1) is 5.66. The van der Waals surface area contributed by atoms with Crippen molar-refractivity contribution in [2.24, 2.45) is 0 Å². The second-order valence-corrected chi connectivity index (χ2v) is 3.73. The molecule has 1 aromatic rings. The summed E-state index contributed by atoms with van der Waals surface area (Å²) in [6, 6.07) is 5.04. The van der Waals surface area contributed by atoms with Crippen LogP contribution < -0.4 is 0 Å². The number of carbonyl (C=O) groups excluding carboxylic acids is 1. The number of hydrogen-bond acceptors (Lipinski definition) is 1. The van der Waals surface area contributed by atoms with E-state index in [1.807, 2.05) is 22.6 Å². The van der Waals surface area contributed by atoms with E-state index in [1.165, 1.54) is 0 Å². The van der Waals surface area contributed by atoms with Gasteiger partial charge in [0.25, 0.3) is 0 Å². The molecule has 1 rings (SSSR count). The first-order valence-corrected chi connectivity index (χ1v) is 5.48. The zero-order chi connectivity index (χ0) is 9.14. The number of halogens is 3. The van der Waals surface area contributed by atoms with Gasteiger partial charge in [-0.2, -0.15) is 0 Å². The quantitative estimate of drug-likeness (QED) is 0.463. The fraction of sp³-hybridized carbons (Fsp3) is 0.125. The smallest absolute Gasteiger partial charge is 0.175 e. The standard InChI is InChI=1S/C8H5Cl2IO/c9-5-2-1-3-6(10)8(5)7(12)4-11/h1-3H,4H2. The number of hydrogen-bond donors (Lipinski definition) is 0. The van der Waals surface area contributed by atoms with Crippen LogP contribution in [0, 0.1) is 0 Å². The van der Waals surface area contributed by atoms with E-state index in [2.05, 4.69) is 0 Å². The third kappa shape index (κ3) is 2.12. The van der Waals surface area contributed by atoms with E-state index in [1.54, 1.807) is 18.2 Å². The maximum atomic E-state index is 11.3. The van der Waals surface area contributed by atoms with Gasteiger partial charge in [-0.3, -0.25) is 4.79 Å². The van der Waals surface area contributed by atoms with Crippen molar-refractivity contribution in [3.8, 4) is 0 Å². The van der Waals surface area contributed by atoms with E-state index < -0.39 is 0 Å². The predicted molar refractivity (Wildman–Crippen MR) is 59.7 cm³/mol. The highest BCUT2D eigenvalue weighted by Crippen LogP contribution is 2.24. The molecule has 0 heterocycles. The number of ketones is 1. The van der Waals surface area contributed by atoms with E-state index in [9.17, 15) is 4.79 Å². The van der Waals surface area contributed by atoms with Crippen LogP contribution in [0.25, 0.3) is 0 Å². The second-order valence-electron chi connectivity index (χ2n) is 2.15. The third-order valence-electron chi connectivity index (χ3n) is 1.36. The average Bonchev–Trinajstić information content (AvgIpc) is 2.03. The van der Waals surface area contributed by atoms with Crippen LogP contribution in [-0.2, 0) is 0 Å². The van der Waals surface area contributed by atoms with Gasteiger partial charge in [0, 0.05) is 0 Å². The lowest BCUT2D eigenvalue weighted by molar-refractivity contribution is 0.102. The van der Waals surface area contributed by atoms with E-state index in [0.717, 1.165) is 0 Å². The van der Waals surface area contributed by atoms with Gasteiger partial charge in [0.2, 0.25) is 0 Å². The predicted octanol–water partition coefficient (Wildman–Crippen LogP) is 3.61. The maximum absolute atomic E-state index is 11.3. The summed E-state index contributed by atoms with van der Waals surface area (Å²) in [6.07, 6.45) is 0. The molecule has 0 aliphatic carbocycles. The van der Waals surface area contributed by atoms with E-state index in [-0.39, 0.29) is 5.78 Å². The molecule has 4 heteroatoms. The highest BCUT2D eigenvalue weighted by Gasteiger charge is 2.12. The van der Waals surface area contributed by atoms with Crippen LogP contribution in [0.4, 0.5) is 0 Å². The van der Waals surface area contributed by atoms with E-state index in [4.69, 9.17) is 23.2 Å². The van der Waals surface area contributed by atoms with Gasteiger partial charge in [-0.1, -0.05) is 51.9 Å². The molecule has 0 unspecified atom stereocenters. The first-order valence-electron chi connectivity index (χ1n) is 3.20. The second kappa shape index (κ2) is 4.44. The molecule has 0 fully saturated rings. The van der Waals surface area contributed by atoms with Crippen LogP contribution in [0.15, 0.2) is 18.2 Å². The van der Waals surface area contributed by atoms with Crippen molar-refractivity contribution in [1.82, 2.24) is 0 Å². The lowest BCUT2D eigenvalue weighted by Crippen LogP contribution is -2.01. The molecule has 0 saturated heterocycles. The Morgan fingerprint density at radius 2 is 1.83 bits per heavy atom. The largest absolute Gasteiger partial charge is 0.293 e. The van der Waals surface area contributed by atoms with Crippen molar-refractivity contribution in [3.05, 3.63) is 33.8 Å². The van der Waals surface area contributed by atoms with Crippen LogP contribution in [0.3, 0.4) is 0 Å². The molecule has 0 atom stereocenters. The fourth-order valence-corrected chi connectivity index (χ4v) is 1.82. The minimum atomic E-state index is -0.0359. The Morgan fingerprint density at radius 3 is 2.25 bits per heavy atom. The summed E-state index contributed by atoms with van der Waals surface area (Å²) < 4.78 is 0.390. The summed E-state index contributed by atoms with van der Waals surface area (Å²) in [6.45, 7) is 0. The normalized spacial score (nSPS) is 9.92. The first kappa shape index (κ1) is 10.3. The molecule has 0 aliphatic rings. The van der Waals surface area contributed by atoms with Gasteiger partial charge in [-0.05, 0) is 12.1 Å². The van der Waals surface area contributed by atoms with Crippen molar-refractivity contribution >= 4 is 51.6 Å². The van der Waals surface area contributed by atoms with Gasteiger partial charge in [-0.15, -0.1) is 0 Å². The van der Waals surface area contributed by atoms with Gasteiger partial charge >= 0.3 is 0 Å². The Bertz CT molecular complexity index is 292. The van der Waals surface area contributed by atoms with Crippen LogP contribution in [0.5, 0.6) is 0 Å². The molecule has 0 radical (unpaired) electrons. The molecule has 12 heavy (non-hydrogen) atoms. The molecule has 64 valence electrons. The van der Waals surface area contributed by atoms with Crippen LogP contribution in [0.2, 0.25) is 10.0 Å². The summed E-state index contributed by atoms with van der Waals surface area (Å²) in [5.74, 6) is -0.0359. The molecular weight excluding hydrogens is 310 g/mol. The van der Waals surface area contributed by atoms with Crippen LogP contribution in [-0.4, -0.2) is 10.2 Å². The molecule has 0 aromatic heterocycles. The Labute approximate surface area is 94.2 Å². The monoisotopic (exact) mass is 314 g/mol. The van der Waals surface area contributed by atoms with Gasteiger partial charge in [0.05, 0.1) is 20.0 Å². The molecule has 0 aliphatic heterocycles. The zero-order valence-corrected chi connectivity index (χ0v) is 9.65. The Hall–Kier alpha value is 0.200. The average molecular weight is 315 g/mol. The molecule has 1 nitrogen and oxygen atoms in total. The lowest BCUT2D eigenvalue weighted by atomic mass is 10.1. The Balaban J connectivity index is 3.21. The Morgan fingerprint density at radius 1 is 1.33 bits per heavy atom. The highest BCUT2D eigenvalue weighted by molar-refractivity contribution is 14.1. The van der Waals surface area contributed by atoms with Crippen molar-refractivity contribution in [3.63, 3.8) is 0 Å². The summed E-state index contributed by atoms with van der Waals surface area (Å²) in [5.41, 5.74) is 0.426. The van der Waals surface area contributed by atoms with Gasteiger partial charge in [-0.25, -0.2) is 0 Å². The molecule has 0 spiro atoms. The van der Waals surface area contributed by atoms with Crippen molar-refractivity contribution in [2.75, 3.05) is 4.43 Å². The van der Waals surface area contributed by atoms with Crippen molar-refractivity contribution < 1.29 is 4.79 Å². The maximum Gasteiger partial charge on any atom is 0.175 e. The Kier molecular flexibility index (Phi) is 3.80. The molecule has 1 aromatic carbocycles. The minimum absolute atomic E-state index is 0.0359. The molecule has 0 bridgehead atoms. The number of rotatable bonds is 2. The number of carbonyl (C=O) groups is 1. The minimum Gasteiger partial charge on any atom is -0.293 e. The molecular formula is C8H5Cl2IO. The molecule has 0 N–H and O–H groups in total. The highest BCUT2D eigenvalue weighted by atomic mass is 127. The summed E-state index contributed by atoms with van der Waals surface area (Å²) in [4.78, 5) is 11.3. The summed E-state index contributed by atoms with van der Waals surface area (Å²) >= 11 is 13.6. The fourth-order valence-electron chi connectivity index (χ4n) is 0.831. The SMILES string of the molecule is O=C(CI)c1c(Cl)cccc1Cl. The summed E-state index contributed by atoms with van der Waals surface area (Å²) in [7, 11) is 0. The van der Waals surface area contributed by atoms with Crippen LogP contribution in [0.1, 0.15) is 10.4 Å². The van der Waals surface area contributed by atoms with Crippen molar-refractivity contribution in [1.29, 1.82) is 0 Å². The molecule has 0 saturated carbocycles. The van der Waals surface area contributed by atoms with Gasteiger partial charge in [0.1, 0.15) is 0 Å². The lowest BCUT2D eigenvalue weighted by Gasteiger charge is -2.02. The van der Waals surface area contributed by atoms with E-state index >= 15 is 0 Å². The number of Topliss-reactive ketones (excluding diaryl/α,β-unsaturated/α-hetero) is 1. The van der Waals surface area contributed by atoms with Crippen LogP contribution >= 0.6 is 45.8 Å². The molecule has 0 amide bonds. The van der Waals surface area contributed by atoms with E-state index in [0.29, 0.717) is 20.0 Å². The number of benzene rings is 1. The topological polar surface area (TPSA) is 17.1 Å². The van der Waals surface area contributed by atoms with Gasteiger partial charge < -0.3 is 0 Å². The van der Waals surface area contributed by atoms with Crippen molar-refractivity contribution in [2.45, 2.75) is 0 Å². The third-order valence-corrected chi connectivity index (χ3v) is 2.69. The van der Waals surface area contributed by atoms with Gasteiger partial charge in [0.15, 0.2) is 5.78 Å². The summed E-state index contributed by atoms with van der Waals surface area (Å²) in [5, 5.41) is 0.841. The zero-order valence-electron chi connectivity index (χ0n) is 5.98.